The average molecular weight is 898 g/mol. The van der Waals surface area contributed by atoms with E-state index in [0.717, 1.165) is 55.7 Å². The number of aryl methyl sites for hydroxylation is 1. The third-order valence-corrected chi connectivity index (χ3v) is 13.5. The SMILES string of the molecule is CC(C)(C)CC(=O)N1CCC(O)C1.CC(C)(C)OC(=O)NC1CCN(S(=O)(=O)c2cccc(CN3CCC(C(N)=O)CC3)c2)CC1.Cc1ncsc1-c1ccc(CNC=O)cc1. The Morgan fingerprint density at radius 1 is 0.935 bits per heavy atom. The number of hydrogen-bond acceptors (Lipinski definition) is 11. The summed E-state index contributed by atoms with van der Waals surface area (Å²) in [4.78, 5) is 54.8. The molecular formula is C45H67N7O8S2. The first kappa shape index (κ1) is 50.2. The fourth-order valence-corrected chi connectivity index (χ4v) is 9.70. The molecule has 3 fully saturated rings. The first-order valence-corrected chi connectivity index (χ1v) is 23.7. The number of likely N-dealkylation sites (tertiary alicyclic amines) is 2. The number of hydrogen-bond donors (Lipinski definition) is 4. The predicted molar refractivity (Wildman–Crippen MR) is 241 cm³/mol. The molecule has 3 aliphatic heterocycles. The van der Waals surface area contributed by atoms with E-state index < -0.39 is 21.7 Å². The maximum atomic E-state index is 13.2. The van der Waals surface area contributed by atoms with Gasteiger partial charge in [0, 0.05) is 57.6 Å². The van der Waals surface area contributed by atoms with Gasteiger partial charge < -0.3 is 31.1 Å². The van der Waals surface area contributed by atoms with Crippen LogP contribution >= 0.6 is 11.3 Å². The minimum Gasteiger partial charge on any atom is -0.444 e. The van der Waals surface area contributed by atoms with Crippen molar-refractivity contribution in [1.29, 1.82) is 0 Å². The maximum Gasteiger partial charge on any atom is 0.407 e. The van der Waals surface area contributed by atoms with Crippen LogP contribution < -0.4 is 16.4 Å². The Morgan fingerprint density at radius 2 is 1.60 bits per heavy atom. The lowest BCUT2D eigenvalue weighted by molar-refractivity contribution is -0.132. The number of β-amino-alcohol motifs (C(OH)–C–C–N with tert-alkyl or cyclic N) is 1. The van der Waals surface area contributed by atoms with Gasteiger partial charge in [0.05, 0.1) is 27.1 Å². The number of nitrogens with one attached hydrogen (secondary N) is 2. The lowest BCUT2D eigenvalue weighted by Gasteiger charge is -2.32. The molecule has 5 N–H and O–H groups in total. The number of carbonyl (C=O) groups excluding carboxylic acids is 4. The Morgan fingerprint density at radius 3 is 2.13 bits per heavy atom. The molecular weight excluding hydrogens is 831 g/mol. The van der Waals surface area contributed by atoms with E-state index in [2.05, 4.69) is 53.4 Å². The number of rotatable bonds is 11. The van der Waals surface area contributed by atoms with Gasteiger partial charge in [-0.15, -0.1) is 11.3 Å². The van der Waals surface area contributed by atoms with Gasteiger partial charge in [-0.1, -0.05) is 57.2 Å². The van der Waals surface area contributed by atoms with Crippen LogP contribution in [0.5, 0.6) is 0 Å². The van der Waals surface area contributed by atoms with Crippen molar-refractivity contribution in [1.82, 2.24) is 29.7 Å². The number of primary amides is 1. The zero-order chi connectivity index (χ0) is 45.7. The summed E-state index contributed by atoms with van der Waals surface area (Å²) in [6.07, 6.45) is 3.77. The summed E-state index contributed by atoms with van der Waals surface area (Å²) < 4.78 is 33.2. The molecule has 0 aliphatic carbocycles. The van der Waals surface area contributed by atoms with Crippen molar-refractivity contribution >= 4 is 45.7 Å². The van der Waals surface area contributed by atoms with E-state index in [9.17, 15) is 32.7 Å². The molecule has 6 rings (SSSR count). The number of carbonyl (C=O) groups is 4. The molecule has 15 nitrogen and oxygen atoms in total. The molecule has 0 bridgehead atoms. The number of thiazole rings is 1. The quantitative estimate of drug-likeness (QED) is 0.180. The van der Waals surface area contributed by atoms with Crippen LogP contribution in [0.3, 0.4) is 0 Å². The number of aliphatic hydroxyl groups excluding tert-OH is 1. The number of alkyl carbamates (subject to hydrolysis) is 1. The summed E-state index contributed by atoms with van der Waals surface area (Å²) in [5.74, 6) is -0.141. The van der Waals surface area contributed by atoms with Gasteiger partial charge in [0.1, 0.15) is 5.60 Å². The molecule has 17 heteroatoms. The van der Waals surface area contributed by atoms with E-state index in [1.165, 1.54) is 14.7 Å². The molecule has 342 valence electrons. The molecule has 2 aromatic carbocycles. The van der Waals surface area contributed by atoms with Crippen LogP contribution in [0.4, 0.5) is 4.79 Å². The monoisotopic (exact) mass is 897 g/mol. The van der Waals surface area contributed by atoms with E-state index in [4.69, 9.17) is 10.5 Å². The highest BCUT2D eigenvalue weighted by Gasteiger charge is 2.32. The fourth-order valence-electron chi connectivity index (χ4n) is 7.35. The minimum atomic E-state index is -3.62. The van der Waals surface area contributed by atoms with Crippen molar-refractivity contribution in [2.75, 3.05) is 39.3 Å². The number of ether oxygens (including phenoxy) is 1. The number of aromatic nitrogens is 1. The Hall–Kier alpha value is -4.42. The van der Waals surface area contributed by atoms with Crippen molar-refractivity contribution in [3.8, 4) is 10.4 Å². The van der Waals surface area contributed by atoms with Crippen LogP contribution in [-0.4, -0.2) is 114 Å². The normalized spacial score (nSPS) is 18.1. The number of nitrogens with zero attached hydrogens (tertiary/aromatic N) is 4. The van der Waals surface area contributed by atoms with Gasteiger partial charge in [-0.25, -0.2) is 18.2 Å². The highest BCUT2D eigenvalue weighted by Crippen LogP contribution is 2.28. The van der Waals surface area contributed by atoms with Crippen LogP contribution in [0.2, 0.25) is 0 Å². The number of sulfonamides is 1. The molecule has 1 aromatic heterocycles. The lowest BCUT2D eigenvalue weighted by atomic mass is 9.92. The predicted octanol–water partition coefficient (Wildman–Crippen LogP) is 5.44. The molecule has 62 heavy (non-hydrogen) atoms. The summed E-state index contributed by atoms with van der Waals surface area (Å²) in [6, 6.07) is 15.1. The van der Waals surface area contributed by atoms with Gasteiger partial charge in [0.15, 0.2) is 0 Å². The summed E-state index contributed by atoms with van der Waals surface area (Å²) in [5.41, 5.74) is 11.0. The topological polar surface area (TPSA) is 205 Å². The minimum absolute atomic E-state index is 0.0463. The van der Waals surface area contributed by atoms with Crippen molar-refractivity contribution in [2.24, 2.45) is 17.1 Å². The molecule has 3 aliphatic rings. The van der Waals surface area contributed by atoms with E-state index in [-0.39, 0.29) is 40.2 Å². The molecule has 1 atom stereocenters. The van der Waals surface area contributed by atoms with Crippen LogP contribution in [0.15, 0.2) is 58.9 Å². The standard InChI is InChI=1S/C23H36N4O5S.C12H12N2OS.C10H19NO2/c1-23(2,3)32-22(29)25-19-9-13-27(14-10-19)33(30,31)20-6-4-5-17(15-20)16-26-11-7-18(8-12-26)21(24)28;1-9-12(16-8-14-9)11-4-2-10(3-5-11)6-13-7-15;1-10(2,3)6-9(13)11-5-4-8(12)7-11/h4-6,15,18-19H,7-14,16H2,1-3H3,(H2,24,28)(H,25,29);2-5,7-8H,6H2,1H3,(H,13,15);8,12H,4-7H2,1-3H3. The van der Waals surface area contributed by atoms with Crippen molar-refractivity contribution in [3.63, 3.8) is 0 Å². The Bertz CT molecular complexity index is 2030. The van der Waals surface area contributed by atoms with Crippen molar-refractivity contribution in [3.05, 3.63) is 70.9 Å². The van der Waals surface area contributed by atoms with Crippen LogP contribution in [0.25, 0.3) is 10.4 Å². The second kappa shape index (κ2) is 22.8. The van der Waals surface area contributed by atoms with Gasteiger partial charge in [0.2, 0.25) is 28.2 Å². The molecule has 1 unspecified atom stereocenters. The number of benzene rings is 2. The summed E-state index contributed by atoms with van der Waals surface area (Å²) in [5, 5.41) is 14.7. The first-order valence-electron chi connectivity index (χ1n) is 21.4. The Balaban J connectivity index is 0.000000239. The number of aliphatic hydroxyl groups is 1. The summed E-state index contributed by atoms with van der Waals surface area (Å²) >= 11 is 1.64. The molecule has 3 aromatic rings. The van der Waals surface area contributed by atoms with Gasteiger partial charge in [0.25, 0.3) is 0 Å². The highest BCUT2D eigenvalue weighted by molar-refractivity contribution is 7.89. The van der Waals surface area contributed by atoms with E-state index in [1.807, 2.05) is 30.6 Å². The zero-order valence-electron chi connectivity index (χ0n) is 37.4. The highest BCUT2D eigenvalue weighted by atomic mass is 32.2. The third-order valence-electron chi connectivity index (χ3n) is 10.7. The second-order valence-corrected chi connectivity index (χ2v) is 21.2. The molecule has 0 spiro atoms. The van der Waals surface area contributed by atoms with Crippen LogP contribution in [0, 0.1) is 18.3 Å². The molecule has 0 saturated carbocycles. The Kier molecular flexibility index (Phi) is 18.5. The maximum absolute atomic E-state index is 13.2. The van der Waals surface area contributed by atoms with E-state index >= 15 is 0 Å². The number of amides is 4. The van der Waals surface area contributed by atoms with Gasteiger partial charge in [-0.05, 0) is 107 Å². The van der Waals surface area contributed by atoms with Crippen LogP contribution in [-0.2, 0) is 42.2 Å². The lowest BCUT2D eigenvalue weighted by Crippen LogP contribution is -2.47. The van der Waals surface area contributed by atoms with Crippen molar-refractivity contribution < 1.29 is 37.4 Å². The van der Waals surface area contributed by atoms with E-state index in [0.29, 0.717) is 58.4 Å². The van der Waals surface area contributed by atoms with E-state index in [1.54, 1.807) is 55.2 Å². The number of nitrogens with two attached hydrogens (primary N) is 1. The molecule has 0 radical (unpaired) electrons. The molecule has 4 amide bonds. The van der Waals surface area contributed by atoms with Gasteiger partial charge >= 0.3 is 6.09 Å². The summed E-state index contributed by atoms with van der Waals surface area (Å²) in [7, 11) is -3.62. The molecule has 4 heterocycles. The third kappa shape index (κ3) is 16.4. The van der Waals surface area contributed by atoms with Crippen molar-refractivity contribution in [2.45, 2.75) is 123 Å². The smallest absolute Gasteiger partial charge is 0.407 e. The Labute approximate surface area is 371 Å². The summed E-state index contributed by atoms with van der Waals surface area (Å²) in [6.45, 7) is 18.2. The first-order chi connectivity index (χ1) is 29.1. The van der Waals surface area contributed by atoms with Gasteiger partial charge in [-0.2, -0.15) is 4.31 Å². The number of piperidine rings is 2. The second-order valence-electron chi connectivity index (χ2n) is 18.4. The van der Waals surface area contributed by atoms with Gasteiger partial charge in [-0.3, -0.25) is 19.3 Å². The average Bonchev–Trinajstić information content (AvgIpc) is 3.85. The largest absolute Gasteiger partial charge is 0.444 e. The fraction of sp³-hybridized carbons (Fsp3) is 0.578. The van der Waals surface area contributed by atoms with Crippen LogP contribution in [0.1, 0.15) is 96.9 Å². The zero-order valence-corrected chi connectivity index (χ0v) is 39.0. The molecule has 3 saturated heterocycles.